The fourth-order valence-corrected chi connectivity index (χ4v) is 2.99. The van der Waals surface area contributed by atoms with E-state index in [1.807, 2.05) is 30.0 Å². The molecule has 20 heavy (non-hydrogen) atoms. The first kappa shape index (κ1) is 15.2. The van der Waals surface area contributed by atoms with E-state index in [4.69, 9.17) is 5.11 Å². The molecule has 1 saturated heterocycles. The summed E-state index contributed by atoms with van der Waals surface area (Å²) in [5, 5.41) is 11.6. The number of carboxylic acid groups (broad SMARTS) is 1. The third-order valence-corrected chi connectivity index (χ3v) is 4.00. The quantitative estimate of drug-likeness (QED) is 0.757. The van der Waals surface area contributed by atoms with Crippen LogP contribution in [0.1, 0.15) is 12.0 Å². The number of halogens is 1. The highest BCUT2D eigenvalue weighted by Crippen LogP contribution is 2.20. The molecule has 2 rings (SSSR count). The molecule has 0 aromatic heterocycles. The second-order valence-corrected chi connectivity index (χ2v) is 6.41. The average Bonchev–Trinajstić information content (AvgIpc) is 2.29. The summed E-state index contributed by atoms with van der Waals surface area (Å²) < 4.78 is 1.14. The van der Waals surface area contributed by atoms with E-state index in [9.17, 15) is 9.59 Å². The van der Waals surface area contributed by atoms with Crippen molar-refractivity contribution >= 4 is 40.2 Å². The van der Waals surface area contributed by atoms with Crippen LogP contribution < -0.4 is 5.32 Å². The Bertz CT molecular complexity index is 527. The van der Waals surface area contributed by atoms with Gasteiger partial charge in [-0.2, -0.15) is 0 Å². The van der Waals surface area contributed by atoms with E-state index < -0.39 is 5.97 Å². The molecule has 1 aliphatic heterocycles. The Morgan fingerprint density at radius 1 is 1.45 bits per heavy atom. The van der Waals surface area contributed by atoms with Gasteiger partial charge < -0.3 is 10.4 Å². The van der Waals surface area contributed by atoms with E-state index in [1.54, 1.807) is 0 Å². The van der Waals surface area contributed by atoms with Gasteiger partial charge >= 0.3 is 5.97 Å². The number of carbonyl (C=O) groups excluding carboxylic acids is 1. The van der Waals surface area contributed by atoms with Crippen LogP contribution in [0.15, 0.2) is 18.2 Å². The number of nitrogens with one attached hydrogen (secondary N) is 1. The first-order valence-corrected chi connectivity index (χ1v) is 7.52. The molecular weight excluding hydrogens is 371 g/mol. The summed E-state index contributed by atoms with van der Waals surface area (Å²) in [4.78, 5) is 24.4. The summed E-state index contributed by atoms with van der Waals surface area (Å²) in [6.45, 7) is 3.66. The standard InChI is InChI=1S/C14H17IN2O3/c1-9-4-11(15)2-3-12(9)16-13(18)8-17-6-10(7-17)5-14(19)20/h2-4,10H,5-8H2,1H3,(H,16,18)(H,19,20). The Hall–Kier alpha value is -1.15. The second kappa shape index (κ2) is 6.53. The molecule has 1 heterocycles. The number of carboxylic acids is 1. The maximum atomic E-state index is 11.9. The Morgan fingerprint density at radius 3 is 2.75 bits per heavy atom. The number of hydrogen-bond acceptors (Lipinski definition) is 3. The maximum absolute atomic E-state index is 11.9. The normalized spacial score (nSPS) is 15.7. The molecule has 0 saturated carbocycles. The van der Waals surface area contributed by atoms with Crippen LogP contribution in [-0.2, 0) is 9.59 Å². The number of aliphatic carboxylic acids is 1. The number of carbonyl (C=O) groups is 2. The van der Waals surface area contributed by atoms with Crippen LogP contribution in [0.4, 0.5) is 5.69 Å². The lowest BCUT2D eigenvalue weighted by atomic mass is 9.96. The van der Waals surface area contributed by atoms with Crippen molar-refractivity contribution in [1.29, 1.82) is 0 Å². The van der Waals surface area contributed by atoms with Crippen molar-refractivity contribution < 1.29 is 14.7 Å². The van der Waals surface area contributed by atoms with Crippen molar-refractivity contribution in [2.24, 2.45) is 5.92 Å². The van der Waals surface area contributed by atoms with Crippen molar-refractivity contribution in [2.45, 2.75) is 13.3 Å². The van der Waals surface area contributed by atoms with Crippen molar-refractivity contribution in [2.75, 3.05) is 25.0 Å². The first-order valence-electron chi connectivity index (χ1n) is 6.44. The molecule has 0 spiro atoms. The van der Waals surface area contributed by atoms with E-state index in [0.717, 1.165) is 14.8 Å². The molecule has 2 N–H and O–H groups in total. The Labute approximate surface area is 131 Å². The highest BCUT2D eigenvalue weighted by molar-refractivity contribution is 14.1. The Morgan fingerprint density at radius 2 is 2.15 bits per heavy atom. The predicted molar refractivity (Wildman–Crippen MR) is 84.7 cm³/mol. The van der Waals surface area contributed by atoms with Crippen LogP contribution in [0.5, 0.6) is 0 Å². The minimum Gasteiger partial charge on any atom is -0.481 e. The van der Waals surface area contributed by atoms with Gasteiger partial charge in [-0.05, 0) is 59.2 Å². The van der Waals surface area contributed by atoms with Crippen LogP contribution in [-0.4, -0.2) is 41.5 Å². The number of amides is 1. The van der Waals surface area contributed by atoms with E-state index in [1.165, 1.54) is 0 Å². The van der Waals surface area contributed by atoms with Gasteiger partial charge in [0.1, 0.15) is 0 Å². The zero-order valence-electron chi connectivity index (χ0n) is 11.2. The van der Waals surface area contributed by atoms with E-state index in [-0.39, 0.29) is 18.2 Å². The Kier molecular flexibility index (Phi) is 4.98. The van der Waals surface area contributed by atoms with Crippen molar-refractivity contribution in [3.05, 3.63) is 27.3 Å². The second-order valence-electron chi connectivity index (χ2n) is 5.17. The van der Waals surface area contributed by atoms with Gasteiger partial charge in [-0.1, -0.05) is 0 Å². The molecule has 0 unspecified atom stereocenters. The molecule has 5 nitrogen and oxygen atoms in total. The molecule has 0 atom stereocenters. The first-order chi connectivity index (χ1) is 9.44. The molecule has 108 valence electrons. The number of rotatable bonds is 5. The SMILES string of the molecule is Cc1cc(I)ccc1NC(=O)CN1CC(CC(=O)O)C1. The van der Waals surface area contributed by atoms with Gasteiger partial charge in [0.25, 0.3) is 0 Å². The average molecular weight is 388 g/mol. The topological polar surface area (TPSA) is 69.6 Å². The van der Waals surface area contributed by atoms with Crippen LogP contribution in [0.25, 0.3) is 0 Å². The van der Waals surface area contributed by atoms with Crippen molar-refractivity contribution in [3.8, 4) is 0 Å². The van der Waals surface area contributed by atoms with Gasteiger partial charge in [-0.3, -0.25) is 14.5 Å². The fraction of sp³-hybridized carbons (Fsp3) is 0.429. The van der Waals surface area contributed by atoms with Crippen molar-refractivity contribution in [1.82, 2.24) is 4.90 Å². The van der Waals surface area contributed by atoms with Gasteiger partial charge in [0, 0.05) is 22.3 Å². The van der Waals surface area contributed by atoms with Gasteiger partial charge in [-0.25, -0.2) is 0 Å². The lowest BCUT2D eigenvalue weighted by Crippen LogP contribution is -2.50. The Balaban J connectivity index is 1.78. The number of benzene rings is 1. The summed E-state index contributed by atoms with van der Waals surface area (Å²) in [5.41, 5.74) is 1.87. The molecule has 1 fully saturated rings. The summed E-state index contributed by atoms with van der Waals surface area (Å²) in [6, 6.07) is 5.87. The van der Waals surface area contributed by atoms with E-state index >= 15 is 0 Å². The smallest absolute Gasteiger partial charge is 0.303 e. The minimum atomic E-state index is -0.770. The van der Waals surface area contributed by atoms with E-state index in [0.29, 0.717) is 19.6 Å². The third kappa shape index (κ3) is 4.17. The molecule has 0 bridgehead atoms. The van der Waals surface area contributed by atoms with Gasteiger partial charge in [0.05, 0.1) is 13.0 Å². The predicted octanol–water partition coefficient (Wildman–Crippen LogP) is 1.94. The lowest BCUT2D eigenvalue weighted by Gasteiger charge is -2.37. The number of hydrogen-bond donors (Lipinski definition) is 2. The highest BCUT2D eigenvalue weighted by atomic mass is 127. The molecule has 1 aliphatic rings. The number of aryl methyl sites for hydroxylation is 1. The lowest BCUT2D eigenvalue weighted by molar-refractivity contribution is -0.139. The monoisotopic (exact) mass is 388 g/mol. The number of nitrogens with zero attached hydrogens (tertiary/aromatic N) is 1. The van der Waals surface area contributed by atoms with Crippen LogP contribution in [0, 0.1) is 16.4 Å². The summed E-state index contributed by atoms with van der Waals surface area (Å²) in [7, 11) is 0. The number of likely N-dealkylation sites (tertiary alicyclic amines) is 1. The highest BCUT2D eigenvalue weighted by Gasteiger charge is 2.29. The summed E-state index contributed by atoms with van der Waals surface area (Å²) in [6.07, 6.45) is 0.189. The zero-order valence-corrected chi connectivity index (χ0v) is 13.4. The van der Waals surface area contributed by atoms with E-state index in [2.05, 4.69) is 27.9 Å². The fourth-order valence-electron chi connectivity index (χ4n) is 2.34. The van der Waals surface area contributed by atoms with Crippen LogP contribution in [0.3, 0.4) is 0 Å². The van der Waals surface area contributed by atoms with Crippen LogP contribution in [0.2, 0.25) is 0 Å². The molecule has 0 aliphatic carbocycles. The third-order valence-electron chi connectivity index (χ3n) is 3.33. The number of anilines is 1. The summed E-state index contributed by atoms with van der Waals surface area (Å²) in [5.74, 6) is -0.642. The molecule has 0 radical (unpaired) electrons. The molecular formula is C14H17IN2O3. The molecule has 1 aromatic rings. The zero-order chi connectivity index (χ0) is 14.7. The van der Waals surface area contributed by atoms with Gasteiger partial charge in [0.2, 0.25) is 5.91 Å². The molecule has 1 amide bonds. The van der Waals surface area contributed by atoms with Gasteiger partial charge in [0.15, 0.2) is 0 Å². The summed E-state index contributed by atoms with van der Waals surface area (Å²) >= 11 is 2.23. The van der Waals surface area contributed by atoms with Crippen molar-refractivity contribution in [3.63, 3.8) is 0 Å². The van der Waals surface area contributed by atoms with Crippen LogP contribution >= 0.6 is 22.6 Å². The minimum absolute atomic E-state index is 0.0527. The largest absolute Gasteiger partial charge is 0.481 e. The molecule has 6 heteroatoms. The van der Waals surface area contributed by atoms with Gasteiger partial charge in [-0.15, -0.1) is 0 Å². The maximum Gasteiger partial charge on any atom is 0.303 e. The molecule has 1 aromatic carbocycles.